The molecule has 0 fully saturated rings. The highest BCUT2D eigenvalue weighted by Gasteiger charge is 2.12. The third-order valence-corrected chi connectivity index (χ3v) is 4.08. The summed E-state index contributed by atoms with van der Waals surface area (Å²) in [6, 6.07) is 10.1. The molecule has 3 rings (SSSR count). The predicted molar refractivity (Wildman–Crippen MR) is 97.8 cm³/mol. The van der Waals surface area contributed by atoms with Gasteiger partial charge < -0.3 is 14.6 Å². The maximum Gasteiger partial charge on any atom is 0.154 e. The molecule has 0 aliphatic rings. The number of unbranched alkanes of at least 4 members (excludes halogenated alkanes) is 1. The molecule has 2 aromatic heterocycles. The van der Waals surface area contributed by atoms with Crippen LogP contribution in [0.3, 0.4) is 0 Å². The van der Waals surface area contributed by atoms with Gasteiger partial charge in [-0.2, -0.15) is 0 Å². The molecule has 0 saturated carbocycles. The van der Waals surface area contributed by atoms with Crippen LogP contribution >= 0.6 is 0 Å². The standard InChI is InChI=1S/C19H24N4O/c1-4-5-11-20-19-18-16(21-14(2)22-19)10-12-23(18)13-15-8-6-7-9-17(15)24-3/h6-10,12H,4-5,11,13H2,1-3H3,(H,20,21,22). The van der Waals surface area contributed by atoms with E-state index < -0.39 is 0 Å². The summed E-state index contributed by atoms with van der Waals surface area (Å²) in [7, 11) is 1.71. The van der Waals surface area contributed by atoms with Gasteiger partial charge in [-0.1, -0.05) is 31.5 Å². The molecule has 0 amide bonds. The second-order valence-corrected chi connectivity index (χ2v) is 5.89. The van der Waals surface area contributed by atoms with Gasteiger partial charge in [-0.3, -0.25) is 0 Å². The van der Waals surface area contributed by atoms with Gasteiger partial charge in [0.1, 0.15) is 17.1 Å². The fraction of sp³-hybridized carbons (Fsp3) is 0.368. The molecule has 5 heteroatoms. The summed E-state index contributed by atoms with van der Waals surface area (Å²) in [6.45, 7) is 5.76. The molecule has 2 heterocycles. The van der Waals surface area contributed by atoms with Crippen LogP contribution < -0.4 is 10.1 Å². The monoisotopic (exact) mass is 324 g/mol. The predicted octanol–water partition coefficient (Wildman–Crippen LogP) is 4.01. The first-order valence-electron chi connectivity index (χ1n) is 8.42. The van der Waals surface area contributed by atoms with E-state index >= 15 is 0 Å². The highest BCUT2D eigenvalue weighted by molar-refractivity contribution is 5.86. The van der Waals surface area contributed by atoms with Gasteiger partial charge in [-0.25, -0.2) is 9.97 Å². The highest BCUT2D eigenvalue weighted by atomic mass is 16.5. The molecule has 0 atom stereocenters. The quantitative estimate of drug-likeness (QED) is 0.667. The first-order valence-corrected chi connectivity index (χ1v) is 8.42. The number of ether oxygens (including phenoxy) is 1. The van der Waals surface area contributed by atoms with E-state index in [9.17, 15) is 0 Å². The normalized spacial score (nSPS) is 11.0. The summed E-state index contributed by atoms with van der Waals surface area (Å²) in [6.07, 6.45) is 4.34. The largest absolute Gasteiger partial charge is 0.496 e. The number of nitrogens with zero attached hydrogens (tertiary/aromatic N) is 3. The number of fused-ring (bicyclic) bond motifs is 1. The Morgan fingerprint density at radius 2 is 2.00 bits per heavy atom. The molecule has 0 saturated heterocycles. The summed E-state index contributed by atoms with van der Waals surface area (Å²) in [4.78, 5) is 9.18. The van der Waals surface area contributed by atoms with Gasteiger partial charge in [0, 0.05) is 18.3 Å². The van der Waals surface area contributed by atoms with Gasteiger partial charge in [0.15, 0.2) is 5.82 Å². The molecule has 1 N–H and O–H groups in total. The van der Waals surface area contributed by atoms with Crippen LogP contribution in [0.5, 0.6) is 5.75 Å². The van der Waals surface area contributed by atoms with E-state index in [1.165, 1.54) is 0 Å². The highest BCUT2D eigenvalue weighted by Crippen LogP contribution is 2.25. The Labute approximate surface area is 142 Å². The Kier molecular flexibility index (Phi) is 4.99. The lowest BCUT2D eigenvalue weighted by Gasteiger charge is -2.13. The minimum absolute atomic E-state index is 0.725. The van der Waals surface area contributed by atoms with E-state index in [-0.39, 0.29) is 0 Å². The molecule has 3 aromatic rings. The molecule has 0 aliphatic heterocycles. The minimum Gasteiger partial charge on any atom is -0.496 e. The van der Waals surface area contributed by atoms with Crippen molar-refractivity contribution in [3.63, 3.8) is 0 Å². The first-order chi connectivity index (χ1) is 11.7. The van der Waals surface area contributed by atoms with Crippen LogP contribution in [0.4, 0.5) is 5.82 Å². The number of hydrogen-bond donors (Lipinski definition) is 1. The molecule has 126 valence electrons. The fourth-order valence-corrected chi connectivity index (χ4v) is 2.88. The number of benzene rings is 1. The number of aryl methyl sites for hydroxylation is 1. The van der Waals surface area contributed by atoms with Crippen molar-refractivity contribution in [1.29, 1.82) is 0 Å². The van der Waals surface area contributed by atoms with Crippen molar-refractivity contribution in [2.75, 3.05) is 19.0 Å². The summed E-state index contributed by atoms with van der Waals surface area (Å²) < 4.78 is 7.66. The van der Waals surface area contributed by atoms with E-state index in [0.29, 0.717) is 0 Å². The number of para-hydroxylation sites is 1. The average molecular weight is 324 g/mol. The molecule has 0 bridgehead atoms. The topological polar surface area (TPSA) is 52.0 Å². The smallest absolute Gasteiger partial charge is 0.154 e. The van der Waals surface area contributed by atoms with Crippen LogP contribution in [-0.2, 0) is 6.54 Å². The number of methoxy groups -OCH3 is 1. The Hall–Kier alpha value is -2.56. The summed E-state index contributed by atoms with van der Waals surface area (Å²) in [5.74, 6) is 2.59. The molecule has 0 aliphatic carbocycles. The van der Waals surface area contributed by atoms with Crippen molar-refractivity contribution in [1.82, 2.24) is 14.5 Å². The zero-order valence-electron chi connectivity index (χ0n) is 14.5. The molecule has 0 spiro atoms. The number of aromatic nitrogens is 3. The molecule has 1 aromatic carbocycles. The van der Waals surface area contributed by atoms with Crippen molar-refractivity contribution < 1.29 is 4.74 Å². The summed E-state index contributed by atoms with van der Waals surface area (Å²) in [5.41, 5.74) is 3.15. The van der Waals surface area contributed by atoms with E-state index in [2.05, 4.69) is 39.0 Å². The van der Waals surface area contributed by atoms with Crippen molar-refractivity contribution in [3.05, 3.63) is 47.9 Å². The first kappa shape index (κ1) is 16.3. The molecular formula is C19H24N4O. The Balaban J connectivity index is 1.99. The SMILES string of the molecule is CCCCNc1nc(C)nc2ccn(Cc3ccccc3OC)c12. The number of nitrogens with one attached hydrogen (secondary N) is 1. The molecule has 5 nitrogen and oxygen atoms in total. The fourth-order valence-electron chi connectivity index (χ4n) is 2.88. The van der Waals surface area contributed by atoms with Crippen LogP contribution in [0.1, 0.15) is 31.2 Å². The zero-order valence-corrected chi connectivity index (χ0v) is 14.5. The van der Waals surface area contributed by atoms with Gasteiger partial charge >= 0.3 is 0 Å². The van der Waals surface area contributed by atoms with Crippen LogP contribution in [0.2, 0.25) is 0 Å². The van der Waals surface area contributed by atoms with Crippen molar-refractivity contribution in [2.24, 2.45) is 0 Å². The molecule has 0 unspecified atom stereocenters. The maximum atomic E-state index is 5.47. The van der Waals surface area contributed by atoms with Gasteiger partial charge in [0.05, 0.1) is 19.2 Å². The zero-order chi connectivity index (χ0) is 16.9. The lowest BCUT2D eigenvalue weighted by molar-refractivity contribution is 0.408. The third kappa shape index (κ3) is 3.35. The van der Waals surface area contributed by atoms with Gasteiger partial charge in [0.25, 0.3) is 0 Å². The van der Waals surface area contributed by atoms with E-state index in [1.807, 2.05) is 31.2 Å². The number of anilines is 1. The summed E-state index contributed by atoms with van der Waals surface area (Å²) >= 11 is 0. The molecular weight excluding hydrogens is 300 g/mol. The van der Waals surface area contributed by atoms with Crippen molar-refractivity contribution >= 4 is 16.9 Å². The van der Waals surface area contributed by atoms with Gasteiger partial charge in [-0.15, -0.1) is 0 Å². The lowest BCUT2D eigenvalue weighted by atomic mass is 10.2. The van der Waals surface area contributed by atoms with Crippen LogP contribution in [-0.4, -0.2) is 28.2 Å². The summed E-state index contributed by atoms with van der Waals surface area (Å²) in [5, 5.41) is 3.47. The van der Waals surface area contributed by atoms with E-state index in [4.69, 9.17) is 4.74 Å². The van der Waals surface area contributed by atoms with Crippen LogP contribution in [0.15, 0.2) is 36.5 Å². The number of hydrogen-bond acceptors (Lipinski definition) is 4. The Morgan fingerprint density at radius 3 is 2.79 bits per heavy atom. The van der Waals surface area contributed by atoms with Crippen LogP contribution in [0, 0.1) is 6.92 Å². The van der Waals surface area contributed by atoms with Gasteiger partial charge in [0.2, 0.25) is 0 Å². The molecule has 0 radical (unpaired) electrons. The van der Waals surface area contributed by atoms with E-state index in [0.717, 1.165) is 59.9 Å². The Bertz CT molecular complexity index is 825. The second kappa shape index (κ2) is 7.34. The van der Waals surface area contributed by atoms with Crippen LogP contribution in [0.25, 0.3) is 11.0 Å². The molecule has 24 heavy (non-hydrogen) atoms. The number of rotatable bonds is 7. The Morgan fingerprint density at radius 1 is 1.17 bits per heavy atom. The second-order valence-electron chi connectivity index (χ2n) is 5.89. The van der Waals surface area contributed by atoms with Gasteiger partial charge in [-0.05, 0) is 25.5 Å². The maximum absolute atomic E-state index is 5.47. The van der Waals surface area contributed by atoms with Crippen molar-refractivity contribution in [2.45, 2.75) is 33.2 Å². The van der Waals surface area contributed by atoms with E-state index in [1.54, 1.807) is 7.11 Å². The third-order valence-electron chi connectivity index (χ3n) is 4.08. The minimum atomic E-state index is 0.725. The average Bonchev–Trinajstić information content (AvgIpc) is 2.98. The van der Waals surface area contributed by atoms with Crippen molar-refractivity contribution in [3.8, 4) is 5.75 Å². The lowest BCUT2D eigenvalue weighted by Crippen LogP contribution is -2.08.